The van der Waals surface area contributed by atoms with Gasteiger partial charge in [-0.2, -0.15) is 0 Å². The van der Waals surface area contributed by atoms with E-state index in [1.165, 1.54) is 12.3 Å². The van der Waals surface area contributed by atoms with Gasteiger partial charge >= 0.3 is 0 Å². The highest BCUT2D eigenvalue weighted by molar-refractivity contribution is 9.10. The molecule has 0 radical (unpaired) electrons. The van der Waals surface area contributed by atoms with Crippen molar-refractivity contribution < 1.29 is 4.79 Å². The Bertz CT molecular complexity index is 671. The van der Waals surface area contributed by atoms with Crippen LogP contribution in [0.5, 0.6) is 0 Å². The third kappa shape index (κ3) is 3.35. The third-order valence-electron chi connectivity index (χ3n) is 2.39. The first-order valence-corrected chi connectivity index (χ1v) is 7.18. The molecule has 2 aromatic rings. The second kappa shape index (κ2) is 6.18. The summed E-state index contributed by atoms with van der Waals surface area (Å²) in [7, 11) is 0. The van der Waals surface area contributed by atoms with E-state index in [9.17, 15) is 4.79 Å². The fourth-order valence-electron chi connectivity index (χ4n) is 1.48. The Kier molecular flexibility index (Phi) is 4.75. The molecule has 0 saturated heterocycles. The normalized spacial score (nSPS) is 10.4. The quantitative estimate of drug-likeness (QED) is 0.728. The topological polar surface area (TPSA) is 68.0 Å². The predicted molar refractivity (Wildman–Crippen MR) is 85.8 cm³/mol. The lowest BCUT2D eigenvalue weighted by molar-refractivity contribution is 0.102. The van der Waals surface area contributed by atoms with E-state index in [0.29, 0.717) is 20.2 Å². The molecule has 1 aromatic carbocycles. The summed E-state index contributed by atoms with van der Waals surface area (Å²) in [5, 5.41) is 3.37. The summed E-state index contributed by atoms with van der Waals surface area (Å²) in [6.45, 7) is 0. The molecule has 1 aromatic heterocycles. The molecule has 8 heteroatoms. The highest BCUT2D eigenvalue weighted by Gasteiger charge is 2.15. The summed E-state index contributed by atoms with van der Waals surface area (Å²) in [5.74, 6) is -0.474. The standard InChI is InChI=1S/C12H7BrCl3N3O/c13-5-1-7(14)11(8(15)2-5)19-12(20)6-3-10(16)18-4-9(6)17/h1-4H,17H2,(H,19,20). The Morgan fingerprint density at radius 3 is 2.40 bits per heavy atom. The summed E-state index contributed by atoms with van der Waals surface area (Å²) in [4.78, 5) is 15.9. The van der Waals surface area contributed by atoms with Gasteiger partial charge in [0, 0.05) is 4.47 Å². The van der Waals surface area contributed by atoms with Gasteiger partial charge in [0.15, 0.2) is 0 Å². The average molecular weight is 395 g/mol. The maximum Gasteiger partial charge on any atom is 0.258 e. The number of nitrogen functional groups attached to an aromatic ring is 1. The van der Waals surface area contributed by atoms with E-state index in [-0.39, 0.29) is 16.4 Å². The molecular formula is C12H7BrCl3N3O. The van der Waals surface area contributed by atoms with Crippen LogP contribution in [0, 0.1) is 0 Å². The molecule has 0 aliphatic carbocycles. The van der Waals surface area contributed by atoms with E-state index >= 15 is 0 Å². The van der Waals surface area contributed by atoms with Gasteiger partial charge < -0.3 is 11.1 Å². The molecule has 2 rings (SSSR count). The lowest BCUT2D eigenvalue weighted by Crippen LogP contribution is -2.15. The van der Waals surface area contributed by atoms with E-state index in [4.69, 9.17) is 40.5 Å². The van der Waals surface area contributed by atoms with Crippen molar-refractivity contribution in [3.8, 4) is 0 Å². The Labute approximate surface area is 138 Å². The number of nitrogens with zero attached hydrogens (tertiary/aromatic N) is 1. The summed E-state index contributed by atoms with van der Waals surface area (Å²) < 4.78 is 0.706. The number of aromatic nitrogens is 1. The van der Waals surface area contributed by atoms with E-state index in [2.05, 4.69) is 26.2 Å². The second-order valence-corrected chi connectivity index (χ2v) is 5.91. The van der Waals surface area contributed by atoms with E-state index in [1.807, 2.05) is 0 Å². The van der Waals surface area contributed by atoms with Crippen molar-refractivity contribution in [1.29, 1.82) is 0 Å². The Balaban J connectivity index is 2.35. The first-order chi connectivity index (χ1) is 9.38. The number of nitrogens with two attached hydrogens (primary N) is 1. The number of halogens is 4. The lowest BCUT2D eigenvalue weighted by Gasteiger charge is -2.11. The summed E-state index contributed by atoms with van der Waals surface area (Å²) >= 11 is 21.1. The van der Waals surface area contributed by atoms with Gasteiger partial charge in [-0.15, -0.1) is 0 Å². The number of amides is 1. The van der Waals surface area contributed by atoms with Gasteiger partial charge in [-0.05, 0) is 18.2 Å². The maximum absolute atomic E-state index is 12.2. The molecule has 0 unspecified atom stereocenters. The zero-order chi connectivity index (χ0) is 14.9. The number of nitrogens with one attached hydrogen (secondary N) is 1. The Morgan fingerprint density at radius 2 is 1.80 bits per heavy atom. The molecule has 0 bridgehead atoms. The number of anilines is 2. The van der Waals surface area contributed by atoms with Gasteiger partial charge in [0.2, 0.25) is 0 Å². The van der Waals surface area contributed by atoms with Crippen LogP contribution in [-0.4, -0.2) is 10.9 Å². The monoisotopic (exact) mass is 393 g/mol. The van der Waals surface area contributed by atoms with E-state index in [1.54, 1.807) is 12.1 Å². The van der Waals surface area contributed by atoms with E-state index < -0.39 is 5.91 Å². The number of carbonyl (C=O) groups excluding carboxylic acids is 1. The van der Waals surface area contributed by atoms with Gasteiger partial charge in [-0.25, -0.2) is 4.98 Å². The number of pyridine rings is 1. The maximum atomic E-state index is 12.2. The molecule has 1 heterocycles. The van der Waals surface area contributed by atoms with Crippen LogP contribution in [0.4, 0.5) is 11.4 Å². The van der Waals surface area contributed by atoms with Gasteiger partial charge in [0.1, 0.15) is 5.15 Å². The molecule has 0 aliphatic rings. The predicted octanol–water partition coefficient (Wildman–Crippen LogP) is 4.64. The molecule has 0 saturated carbocycles. The SMILES string of the molecule is Nc1cnc(Cl)cc1C(=O)Nc1c(Cl)cc(Br)cc1Cl. The number of hydrogen-bond acceptors (Lipinski definition) is 3. The molecule has 104 valence electrons. The smallest absolute Gasteiger partial charge is 0.258 e. The number of hydrogen-bond donors (Lipinski definition) is 2. The van der Waals surface area contributed by atoms with Gasteiger partial charge in [-0.3, -0.25) is 4.79 Å². The van der Waals surface area contributed by atoms with Crippen LogP contribution in [0.25, 0.3) is 0 Å². The summed E-state index contributed by atoms with van der Waals surface area (Å²) in [6, 6.07) is 4.60. The van der Waals surface area contributed by atoms with Crippen molar-refractivity contribution >= 4 is 68.0 Å². The summed E-state index contributed by atoms with van der Waals surface area (Å²) in [5.41, 5.74) is 6.39. The average Bonchev–Trinajstić information content (AvgIpc) is 2.36. The first kappa shape index (κ1) is 15.4. The molecule has 0 spiro atoms. The summed E-state index contributed by atoms with van der Waals surface area (Å²) in [6.07, 6.45) is 1.31. The van der Waals surface area contributed by atoms with Crippen molar-refractivity contribution in [2.75, 3.05) is 11.1 Å². The molecule has 0 aliphatic heterocycles. The minimum Gasteiger partial charge on any atom is -0.397 e. The molecular weight excluding hydrogens is 388 g/mol. The number of benzene rings is 1. The zero-order valence-corrected chi connectivity index (χ0v) is 13.6. The minimum absolute atomic E-state index is 0.164. The fraction of sp³-hybridized carbons (Fsp3) is 0. The van der Waals surface area contributed by atoms with Crippen LogP contribution >= 0.6 is 50.7 Å². The van der Waals surface area contributed by atoms with E-state index in [0.717, 1.165) is 0 Å². The largest absolute Gasteiger partial charge is 0.397 e. The van der Waals surface area contributed by atoms with Crippen LogP contribution in [-0.2, 0) is 0 Å². The second-order valence-electron chi connectivity index (χ2n) is 3.79. The number of carbonyl (C=O) groups is 1. The van der Waals surface area contributed by atoms with Crippen molar-refractivity contribution in [2.45, 2.75) is 0 Å². The van der Waals surface area contributed by atoms with Gasteiger partial charge in [0.25, 0.3) is 5.91 Å². The molecule has 0 fully saturated rings. The zero-order valence-electron chi connectivity index (χ0n) is 9.75. The van der Waals surface area contributed by atoms with Crippen LogP contribution in [0.1, 0.15) is 10.4 Å². The van der Waals surface area contributed by atoms with Crippen molar-refractivity contribution in [1.82, 2.24) is 4.98 Å². The Morgan fingerprint density at radius 1 is 1.20 bits per heavy atom. The van der Waals surface area contributed by atoms with Crippen LogP contribution < -0.4 is 11.1 Å². The highest BCUT2D eigenvalue weighted by atomic mass is 79.9. The molecule has 1 amide bonds. The molecule has 4 nitrogen and oxygen atoms in total. The molecule has 20 heavy (non-hydrogen) atoms. The van der Waals surface area contributed by atoms with Crippen molar-refractivity contribution in [3.05, 3.63) is 49.6 Å². The van der Waals surface area contributed by atoms with Crippen LogP contribution in [0.2, 0.25) is 15.2 Å². The van der Waals surface area contributed by atoms with Gasteiger partial charge in [0.05, 0.1) is 33.2 Å². The highest BCUT2D eigenvalue weighted by Crippen LogP contribution is 2.34. The van der Waals surface area contributed by atoms with Crippen molar-refractivity contribution in [3.63, 3.8) is 0 Å². The Hall–Kier alpha value is -1.01. The molecule has 3 N–H and O–H groups in total. The van der Waals surface area contributed by atoms with Crippen molar-refractivity contribution in [2.24, 2.45) is 0 Å². The fourth-order valence-corrected chi connectivity index (χ4v) is 2.94. The third-order valence-corrected chi connectivity index (χ3v) is 3.65. The molecule has 0 atom stereocenters. The number of rotatable bonds is 2. The minimum atomic E-state index is -0.474. The lowest BCUT2D eigenvalue weighted by atomic mass is 10.2. The van der Waals surface area contributed by atoms with Crippen LogP contribution in [0.15, 0.2) is 28.9 Å². The van der Waals surface area contributed by atoms with Gasteiger partial charge in [-0.1, -0.05) is 50.7 Å². The first-order valence-electron chi connectivity index (χ1n) is 5.25. The van der Waals surface area contributed by atoms with Crippen LogP contribution in [0.3, 0.4) is 0 Å².